The quantitative estimate of drug-likeness (QED) is 0.240. The molecule has 3 aromatic rings. The molecule has 0 bridgehead atoms. The fourth-order valence-corrected chi connectivity index (χ4v) is 6.23. The molecule has 44 heavy (non-hydrogen) atoms. The Morgan fingerprint density at radius 1 is 0.886 bits per heavy atom. The van der Waals surface area contributed by atoms with Crippen LogP contribution in [0.2, 0.25) is 0 Å². The summed E-state index contributed by atoms with van der Waals surface area (Å²) in [4.78, 5) is 28.7. The molecule has 0 aliphatic heterocycles. The van der Waals surface area contributed by atoms with Gasteiger partial charge in [-0.1, -0.05) is 31.5 Å². The molecular weight excluding hydrogens is 582 g/mol. The molecule has 11 heteroatoms. The second-order valence-electron chi connectivity index (χ2n) is 10.6. The minimum absolute atomic E-state index is 0.0650. The van der Waals surface area contributed by atoms with Gasteiger partial charge >= 0.3 is 0 Å². The molecule has 3 rings (SSSR count). The number of nitrogens with one attached hydrogen (secondary N) is 1. The summed E-state index contributed by atoms with van der Waals surface area (Å²) < 4.78 is 45.6. The number of amides is 2. The number of sulfonamides is 1. The van der Waals surface area contributed by atoms with E-state index in [4.69, 9.17) is 14.2 Å². The van der Waals surface area contributed by atoms with Crippen LogP contribution in [0.5, 0.6) is 17.2 Å². The topological polar surface area (TPSA) is 114 Å². The number of benzene rings is 3. The number of carbonyl (C=O) groups excluding carboxylic acids is 2. The first kappa shape index (κ1) is 34.2. The molecule has 0 saturated heterocycles. The zero-order valence-corrected chi connectivity index (χ0v) is 27.4. The van der Waals surface area contributed by atoms with E-state index in [1.165, 1.54) is 37.3 Å². The normalized spacial score (nSPS) is 11.8. The summed E-state index contributed by atoms with van der Waals surface area (Å²) in [6.45, 7) is 7.38. The molecule has 1 N–H and O–H groups in total. The fraction of sp³-hybridized carbons (Fsp3) is 0.394. The third-order valence-corrected chi connectivity index (χ3v) is 8.97. The Morgan fingerprint density at radius 3 is 2.18 bits per heavy atom. The number of unbranched alkanes of at least 4 members (excludes halogenated alkanes) is 1. The van der Waals surface area contributed by atoms with Gasteiger partial charge in [-0.25, -0.2) is 8.42 Å². The summed E-state index contributed by atoms with van der Waals surface area (Å²) in [6, 6.07) is 15.9. The van der Waals surface area contributed by atoms with Gasteiger partial charge in [0.25, 0.3) is 10.0 Å². The molecule has 238 valence electrons. The second-order valence-corrected chi connectivity index (χ2v) is 12.4. The Hall–Kier alpha value is -4.25. The monoisotopic (exact) mass is 625 g/mol. The van der Waals surface area contributed by atoms with E-state index in [1.807, 2.05) is 32.9 Å². The third-order valence-electron chi connectivity index (χ3n) is 7.20. The average molecular weight is 626 g/mol. The third kappa shape index (κ3) is 8.43. The van der Waals surface area contributed by atoms with Crippen molar-refractivity contribution in [3.05, 3.63) is 77.4 Å². The maximum atomic E-state index is 14.3. The number of nitrogens with zero attached hydrogens (tertiary/aromatic N) is 2. The van der Waals surface area contributed by atoms with Crippen LogP contribution < -0.4 is 23.8 Å². The maximum Gasteiger partial charge on any atom is 0.264 e. The Kier molecular flexibility index (Phi) is 12.0. The van der Waals surface area contributed by atoms with Crippen molar-refractivity contribution in [1.82, 2.24) is 10.2 Å². The number of rotatable bonds is 15. The highest BCUT2D eigenvalue weighted by molar-refractivity contribution is 7.92. The average Bonchev–Trinajstić information content (AvgIpc) is 3.01. The Bertz CT molecular complexity index is 1540. The van der Waals surface area contributed by atoms with Crippen molar-refractivity contribution in [2.45, 2.75) is 58.0 Å². The van der Waals surface area contributed by atoms with E-state index in [0.717, 1.165) is 33.8 Å². The number of ether oxygens (including phenoxy) is 3. The van der Waals surface area contributed by atoms with E-state index in [-0.39, 0.29) is 23.1 Å². The van der Waals surface area contributed by atoms with Gasteiger partial charge in [0, 0.05) is 19.2 Å². The lowest BCUT2D eigenvalue weighted by molar-refractivity contribution is -0.139. The summed E-state index contributed by atoms with van der Waals surface area (Å²) in [7, 11) is 0.138. The van der Waals surface area contributed by atoms with Crippen LogP contribution in [0.25, 0.3) is 0 Å². The molecule has 2 amide bonds. The molecular formula is C33H43N3O7S. The maximum absolute atomic E-state index is 14.3. The molecule has 10 nitrogen and oxygen atoms in total. The second kappa shape index (κ2) is 15.5. The van der Waals surface area contributed by atoms with Crippen LogP contribution in [0.3, 0.4) is 0 Å². The number of hydrogen-bond donors (Lipinski definition) is 1. The van der Waals surface area contributed by atoms with Gasteiger partial charge in [0.15, 0.2) is 11.5 Å². The van der Waals surface area contributed by atoms with Gasteiger partial charge in [0.05, 0.1) is 31.9 Å². The van der Waals surface area contributed by atoms with Gasteiger partial charge in [-0.2, -0.15) is 0 Å². The van der Waals surface area contributed by atoms with Crippen molar-refractivity contribution in [2.75, 3.05) is 38.7 Å². The molecule has 0 spiro atoms. The van der Waals surface area contributed by atoms with Crippen LogP contribution in [0.4, 0.5) is 5.69 Å². The van der Waals surface area contributed by atoms with Crippen LogP contribution in [-0.4, -0.2) is 65.6 Å². The van der Waals surface area contributed by atoms with Crippen LogP contribution in [0.1, 0.15) is 43.4 Å². The largest absolute Gasteiger partial charge is 0.497 e. The smallest absolute Gasteiger partial charge is 0.264 e. The zero-order valence-electron chi connectivity index (χ0n) is 26.5. The van der Waals surface area contributed by atoms with Crippen LogP contribution in [0.15, 0.2) is 65.6 Å². The molecule has 1 atom stereocenters. The molecule has 0 aliphatic carbocycles. The number of aryl methyl sites for hydroxylation is 2. The standard InChI is InChI=1S/C33H43N3O7S/c1-8-9-15-34-33(38)25(4)35(21-26-11-10-12-28(19-26)41-5)32(37)22-36(27-17-23(2)16-24(3)18-27)44(39,40)29-13-14-30(42-6)31(20-29)43-7/h10-14,16-20,25H,8-9,15,21-22H2,1-7H3,(H,34,38)/t25-/m0/s1. The fourth-order valence-electron chi connectivity index (χ4n) is 4.81. The lowest BCUT2D eigenvalue weighted by Gasteiger charge is -2.32. The van der Waals surface area contributed by atoms with E-state index >= 15 is 0 Å². The highest BCUT2D eigenvalue weighted by atomic mass is 32.2. The number of hydrogen-bond acceptors (Lipinski definition) is 7. The number of anilines is 1. The van der Waals surface area contributed by atoms with Crippen molar-refractivity contribution in [3.63, 3.8) is 0 Å². The van der Waals surface area contributed by atoms with E-state index in [0.29, 0.717) is 23.7 Å². The lowest BCUT2D eigenvalue weighted by Crippen LogP contribution is -2.51. The highest BCUT2D eigenvalue weighted by Gasteiger charge is 2.33. The van der Waals surface area contributed by atoms with E-state index < -0.39 is 28.5 Å². The summed E-state index contributed by atoms with van der Waals surface area (Å²) in [5, 5.41) is 2.89. The van der Waals surface area contributed by atoms with Gasteiger partial charge in [-0.05, 0) is 80.3 Å². The van der Waals surface area contributed by atoms with Gasteiger partial charge in [-0.3, -0.25) is 13.9 Å². The van der Waals surface area contributed by atoms with Crippen LogP contribution in [0, 0.1) is 13.8 Å². The number of carbonyl (C=O) groups is 2. The van der Waals surface area contributed by atoms with Crippen molar-refractivity contribution in [2.24, 2.45) is 0 Å². The Labute approximate surface area is 261 Å². The predicted octanol–water partition coefficient (Wildman–Crippen LogP) is 4.86. The van der Waals surface area contributed by atoms with Gasteiger partial charge < -0.3 is 24.4 Å². The zero-order chi connectivity index (χ0) is 32.4. The highest BCUT2D eigenvalue weighted by Crippen LogP contribution is 2.33. The van der Waals surface area contributed by atoms with Crippen molar-refractivity contribution in [3.8, 4) is 17.2 Å². The minimum Gasteiger partial charge on any atom is -0.497 e. The van der Waals surface area contributed by atoms with Crippen LogP contribution >= 0.6 is 0 Å². The van der Waals surface area contributed by atoms with E-state index in [2.05, 4.69) is 5.32 Å². The first-order chi connectivity index (χ1) is 20.9. The summed E-state index contributed by atoms with van der Waals surface area (Å²) in [5.41, 5.74) is 2.72. The predicted molar refractivity (Wildman–Crippen MR) is 171 cm³/mol. The van der Waals surface area contributed by atoms with Crippen molar-refractivity contribution >= 4 is 27.5 Å². The lowest BCUT2D eigenvalue weighted by atomic mass is 10.1. The first-order valence-electron chi connectivity index (χ1n) is 14.5. The summed E-state index contributed by atoms with van der Waals surface area (Å²) >= 11 is 0. The summed E-state index contributed by atoms with van der Waals surface area (Å²) in [5.74, 6) is 0.331. The molecule has 0 saturated carbocycles. The molecule has 0 fully saturated rings. The van der Waals surface area contributed by atoms with Crippen LogP contribution in [-0.2, 0) is 26.2 Å². The van der Waals surface area contributed by atoms with Crippen molar-refractivity contribution in [1.29, 1.82) is 0 Å². The molecule has 0 aromatic heterocycles. The Morgan fingerprint density at radius 2 is 1.57 bits per heavy atom. The van der Waals surface area contributed by atoms with E-state index in [1.54, 1.807) is 44.4 Å². The molecule has 0 radical (unpaired) electrons. The molecule has 0 aliphatic rings. The molecule has 3 aromatic carbocycles. The van der Waals surface area contributed by atoms with E-state index in [9.17, 15) is 18.0 Å². The summed E-state index contributed by atoms with van der Waals surface area (Å²) in [6.07, 6.45) is 1.70. The first-order valence-corrected chi connectivity index (χ1v) is 15.9. The Balaban J connectivity index is 2.09. The van der Waals surface area contributed by atoms with Crippen molar-refractivity contribution < 1.29 is 32.2 Å². The van der Waals surface area contributed by atoms with Gasteiger partial charge in [0.2, 0.25) is 11.8 Å². The van der Waals surface area contributed by atoms with Gasteiger partial charge in [-0.15, -0.1) is 0 Å². The molecule has 0 heterocycles. The molecule has 0 unspecified atom stereocenters. The van der Waals surface area contributed by atoms with Gasteiger partial charge in [0.1, 0.15) is 18.3 Å². The number of methoxy groups -OCH3 is 3. The SMILES string of the molecule is CCCCNC(=O)[C@H](C)N(Cc1cccc(OC)c1)C(=O)CN(c1cc(C)cc(C)c1)S(=O)(=O)c1ccc(OC)c(OC)c1. The minimum atomic E-state index is -4.29.